The Balaban J connectivity index is 1.46. The second-order valence-corrected chi connectivity index (χ2v) is 9.61. The Morgan fingerprint density at radius 2 is 1.89 bits per heavy atom. The molecule has 4 bridgehead atoms. The molecule has 2 unspecified atom stereocenters. The second kappa shape index (κ2) is 6.16. The van der Waals surface area contributed by atoms with Crippen molar-refractivity contribution in [2.45, 2.75) is 75.3 Å². The van der Waals surface area contributed by atoms with E-state index in [2.05, 4.69) is 16.9 Å². The summed E-state index contributed by atoms with van der Waals surface area (Å²) in [6.07, 6.45) is 11.4. The van der Waals surface area contributed by atoms with Crippen LogP contribution < -0.4 is 10.6 Å². The Morgan fingerprint density at radius 1 is 1.22 bits per heavy atom. The van der Waals surface area contributed by atoms with Gasteiger partial charge in [0, 0.05) is 25.2 Å². The summed E-state index contributed by atoms with van der Waals surface area (Å²) in [4.78, 5) is 23.5. The Bertz CT molecular complexity index is 745. The number of carbonyl (C=O) groups is 1. The molecule has 6 heteroatoms. The van der Waals surface area contributed by atoms with Gasteiger partial charge in [0.15, 0.2) is 0 Å². The molecule has 1 amide bonds. The van der Waals surface area contributed by atoms with Crippen molar-refractivity contribution in [3.05, 3.63) is 17.5 Å². The maximum atomic E-state index is 11.9. The van der Waals surface area contributed by atoms with E-state index < -0.39 is 11.5 Å². The van der Waals surface area contributed by atoms with Crippen LogP contribution in [0, 0.1) is 17.8 Å². The molecule has 6 nitrogen and oxygen atoms in total. The average molecular weight is 370 g/mol. The molecule has 0 saturated heterocycles. The normalized spacial score (nSPS) is 37.7. The number of amides is 1. The highest BCUT2D eigenvalue weighted by Crippen LogP contribution is 2.57. The first kappa shape index (κ1) is 17.4. The van der Waals surface area contributed by atoms with Crippen LogP contribution in [0.4, 0.5) is 5.95 Å². The SMILES string of the molecule is CN(c1ncc(C(N)=O)c(C2CCCC2)n1)C1C2CC3CC1CC(O)(C3)C2. The fraction of sp³-hybridized carbons (Fsp3) is 0.762. The molecule has 27 heavy (non-hydrogen) atoms. The van der Waals surface area contributed by atoms with Crippen LogP contribution in [-0.4, -0.2) is 39.7 Å². The maximum Gasteiger partial charge on any atom is 0.252 e. The highest BCUT2D eigenvalue weighted by Gasteiger charge is 2.56. The molecule has 6 rings (SSSR count). The third-order valence-corrected chi connectivity index (χ3v) is 7.77. The fourth-order valence-corrected chi connectivity index (χ4v) is 6.98. The van der Waals surface area contributed by atoms with Gasteiger partial charge in [-0.1, -0.05) is 12.8 Å². The van der Waals surface area contributed by atoms with Gasteiger partial charge in [-0.3, -0.25) is 4.79 Å². The van der Waals surface area contributed by atoms with Gasteiger partial charge in [0.25, 0.3) is 5.91 Å². The van der Waals surface area contributed by atoms with Crippen molar-refractivity contribution < 1.29 is 9.90 Å². The van der Waals surface area contributed by atoms with Crippen LogP contribution in [0.25, 0.3) is 0 Å². The molecule has 0 spiro atoms. The minimum absolute atomic E-state index is 0.321. The topological polar surface area (TPSA) is 92.3 Å². The lowest BCUT2D eigenvalue weighted by Gasteiger charge is -2.59. The predicted octanol–water partition coefficient (Wildman–Crippen LogP) is 2.61. The summed E-state index contributed by atoms with van der Waals surface area (Å²) in [6.45, 7) is 0. The number of rotatable bonds is 4. The summed E-state index contributed by atoms with van der Waals surface area (Å²) >= 11 is 0. The molecule has 1 aromatic rings. The second-order valence-electron chi connectivity index (χ2n) is 9.61. The summed E-state index contributed by atoms with van der Waals surface area (Å²) in [5.74, 6) is 2.32. The van der Waals surface area contributed by atoms with Gasteiger partial charge in [-0.15, -0.1) is 0 Å². The van der Waals surface area contributed by atoms with Crippen molar-refractivity contribution in [2.75, 3.05) is 11.9 Å². The third-order valence-electron chi connectivity index (χ3n) is 7.77. The van der Waals surface area contributed by atoms with E-state index in [4.69, 9.17) is 10.7 Å². The lowest BCUT2D eigenvalue weighted by molar-refractivity contribution is -0.133. The Labute approximate surface area is 160 Å². The van der Waals surface area contributed by atoms with Gasteiger partial charge in [0.1, 0.15) is 0 Å². The summed E-state index contributed by atoms with van der Waals surface area (Å²) in [7, 11) is 2.09. The lowest BCUT2D eigenvalue weighted by Crippen LogP contribution is -2.61. The molecule has 5 aliphatic rings. The molecule has 0 radical (unpaired) electrons. The first-order valence-corrected chi connectivity index (χ1v) is 10.6. The van der Waals surface area contributed by atoms with Gasteiger partial charge in [0.05, 0.1) is 16.9 Å². The van der Waals surface area contributed by atoms with E-state index >= 15 is 0 Å². The molecular weight excluding hydrogens is 340 g/mol. The Morgan fingerprint density at radius 3 is 2.48 bits per heavy atom. The highest BCUT2D eigenvalue weighted by atomic mass is 16.3. The van der Waals surface area contributed by atoms with Crippen molar-refractivity contribution in [2.24, 2.45) is 23.5 Å². The van der Waals surface area contributed by atoms with E-state index in [1.54, 1.807) is 6.20 Å². The van der Waals surface area contributed by atoms with E-state index in [0.29, 0.717) is 41.2 Å². The predicted molar refractivity (Wildman–Crippen MR) is 102 cm³/mol. The van der Waals surface area contributed by atoms with Gasteiger partial charge in [-0.05, 0) is 62.7 Å². The molecule has 3 N–H and O–H groups in total. The monoisotopic (exact) mass is 370 g/mol. The number of aromatic nitrogens is 2. The summed E-state index contributed by atoms with van der Waals surface area (Å²) in [5, 5.41) is 10.9. The molecule has 0 aromatic carbocycles. The average Bonchev–Trinajstić information content (AvgIpc) is 3.13. The quantitative estimate of drug-likeness (QED) is 0.850. The van der Waals surface area contributed by atoms with Gasteiger partial charge in [-0.25, -0.2) is 9.97 Å². The van der Waals surface area contributed by atoms with Gasteiger partial charge in [0.2, 0.25) is 5.95 Å². The number of carbonyl (C=O) groups excluding carboxylic acids is 1. The molecule has 2 atom stereocenters. The number of aliphatic hydroxyl groups is 1. The number of hydrogen-bond donors (Lipinski definition) is 2. The largest absolute Gasteiger partial charge is 0.390 e. The summed E-state index contributed by atoms with van der Waals surface area (Å²) < 4.78 is 0. The highest BCUT2D eigenvalue weighted by molar-refractivity contribution is 5.93. The van der Waals surface area contributed by atoms with Crippen molar-refractivity contribution in [3.8, 4) is 0 Å². The number of hydrogen-bond acceptors (Lipinski definition) is 5. The fourth-order valence-electron chi connectivity index (χ4n) is 6.98. The van der Waals surface area contributed by atoms with Gasteiger partial charge in [-0.2, -0.15) is 0 Å². The zero-order chi connectivity index (χ0) is 18.8. The Kier molecular flexibility index (Phi) is 3.97. The van der Waals surface area contributed by atoms with E-state index in [1.165, 1.54) is 25.7 Å². The maximum absolute atomic E-state index is 11.9. The molecule has 146 valence electrons. The van der Waals surface area contributed by atoms with E-state index in [9.17, 15) is 9.90 Å². The van der Waals surface area contributed by atoms with E-state index in [1.807, 2.05) is 0 Å². The third kappa shape index (κ3) is 2.84. The van der Waals surface area contributed by atoms with Crippen LogP contribution in [0.1, 0.15) is 79.8 Å². The molecule has 5 aliphatic carbocycles. The van der Waals surface area contributed by atoms with Crippen LogP contribution >= 0.6 is 0 Å². The van der Waals surface area contributed by atoms with Crippen LogP contribution in [0.15, 0.2) is 6.20 Å². The van der Waals surface area contributed by atoms with Crippen molar-refractivity contribution in [1.29, 1.82) is 0 Å². The summed E-state index contributed by atoms with van der Waals surface area (Å²) in [5.41, 5.74) is 6.50. The van der Waals surface area contributed by atoms with Gasteiger partial charge >= 0.3 is 0 Å². The Hall–Kier alpha value is -1.69. The van der Waals surface area contributed by atoms with Crippen LogP contribution in [-0.2, 0) is 0 Å². The van der Waals surface area contributed by atoms with E-state index in [0.717, 1.165) is 37.8 Å². The minimum Gasteiger partial charge on any atom is -0.390 e. The summed E-state index contributed by atoms with van der Waals surface area (Å²) in [6, 6.07) is 0.387. The molecule has 5 saturated carbocycles. The standard InChI is InChI=1S/C21H30N4O2/c1-25(18-14-6-12-7-15(18)10-21(27,8-12)9-14)20-23-11-16(19(22)26)17(24-20)13-4-2-3-5-13/h11-15,18,27H,2-10H2,1H3,(H2,22,26). The van der Waals surface area contributed by atoms with Crippen molar-refractivity contribution >= 4 is 11.9 Å². The van der Waals surface area contributed by atoms with Crippen molar-refractivity contribution in [1.82, 2.24) is 9.97 Å². The van der Waals surface area contributed by atoms with Crippen molar-refractivity contribution in [3.63, 3.8) is 0 Å². The smallest absolute Gasteiger partial charge is 0.252 e. The zero-order valence-corrected chi connectivity index (χ0v) is 16.1. The zero-order valence-electron chi connectivity index (χ0n) is 16.1. The molecule has 1 aromatic heterocycles. The molecule has 0 aliphatic heterocycles. The van der Waals surface area contributed by atoms with E-state index in [-0.39, 0.29) is 0 Å². The van der Waals surface area contributed by atoms with Crippen LogP contribution in [0.5, 0.6) is 0 Å². The lowest BCUT2D eigenvalue weighted by atomic mass is 9.52. The molecule has 1 heterocycles. The van der Waals surface area contributed by atoms with Gasteiger partial charge < -0.3 is 15.7 Å². The van der Waals surface area contributed by atoms with Crippen LogP contribution in [0.2, 0.25) is 0 Å². The number of nitrogens with two attached hydrogens (primary N) is 1. The molecule has 5 fully saturated rings. The number of nitrogens with zero attached hydrogens (tertiary/aromatic N) is 3. The number of anilines is 1. The minimum atomic E-state index is -0.431. The van der Waals surface area contributed by atoms with Crippen LogP contribution in [0.3, 0.4) is 0 Å². The number of primary amides is 1. The first-order chi connectivity index (χ1) is 12.9. The first-order valence-electron chi connectivity index (χ1n) is 10.6. The molecular formula is C21H30N4O2.